The van der Waals surface area contributed by atoms with Crippen LogP contribution < -0.4 is 15.0 Å². The summed E-state index contributed by atoms with van der Waals surface area (Å²) < 4.78 is 19.4. The van der Waals surface area contributed by atoms with E-state index >= 15 is 0 Å². The molecule has 1 atom stereocenters. The Balaban J connectivity index is 1.91. The normalized spacial score (nSPS) is 11.8. The fourth-order valence-electron chi connectivity index (χ4n) is 2.26. The number of likely N-dealkylation sites (N-methyl/N-ethyl adjacent to an activating group) is 1. The third-order valence-electron chi connectivity index (χ3n) is 3.33. The van der Waals surface area contributed by atoms with Crippen molar-refractivity contribution in [3.05, 3.63) is 58.3 Å². The quantitative estimate of drug-likeness (QED) is 0.805. The Bertz CT molecular complexity index is 694. The fourth-order valence-corrected chi connectivity index (χ4v) is 2.65. The molecule has 23 heavy (non-hydrogen) atoms. The average Bonchev–Trinajstić information content (AvgIpc) is 2.49. The van der Waals surface area contributed by atoms with E-state index in [2.05, 4.69) is 21.2 Å². The van der Waals surface area contributed by atoms with Gasteiger partial charge in [-0.05, 0) is 46.3 Å². The molecule has 2 rings (SSSR count). The molecule has 0 aliphatic heterocycles. The molecule has 2 aromatic rings. The summed E-state index contributed by atoms with van der Waals surface area (Å²) in [7, 11) is 3.32. The van der Waals surface area contributed by atoms with Gasteiger partial charge in [0.2, 0.25) is 0 Å². The molecule has 0 heterocycles. The van der Waals surface area contributed by atoms with Gasteiger partial charge in [-0.15, -0.1) is 0 Å². The summed E-state index contributed by atoms with van der Waals surface area (Å²) in [5.74, 6) is -0.267. The van der Waals surface area contributed by atoms with Crippen LogP contribution in [0.5, 0.6) is 5.75 Å². The minimum Gasteiger partial charge on any atom is -0.494 e. The maximum Gasteiger partial charge on any atom is 0.279 e. The van der Waals surface area contributed by atoms with Crippen LogP contribution in [-0.2, 0) is 11.3 Å². The number of hydrogen-bond acceptors (Lipinski definition) is 2. The smallest absolute Gasteiger partial charge is 0.279 e. The van der Waals surface area contributed by atoms with E-state index in [1.54, 1.807) is 12.1 Å². The molecule has 0 aromatic heterocycles. The summed E-state index contributed by atoms with van der Waals surface area (Å²) in [5.41, 5.74) is 1.55. The first kappa shape index (κ1) is 17.4. The Morgan fingerprint density at radius 3 is 2.70 bits per heavy atom. The van der Waals surface area contributed by atoms with Gasteiger partial charge in [0.1, 0.15) is 6.54 Å². The molecule has 0 aliphatic rings. The molecule has 0 saturated carbocycles. The van der Waals surface area contributed by atoms with Crippen molar-refractivity contribution >= 4 is 27.5 Å². The number of nitrogens with one attached hydrogen (secondary N) is 2. The van der Waals surface area contributed by atoms with E-state index < -0.39 is 5.82 Å². The van der Waals surface area contributed by atoms with Gasteiger partial charge in [-0.25, -0.2) is 4.39 Å². The van der Waals surface area contributed by atoms with Gasteiger partial charge in [0.15, 0.2) is 18.1 Å². The number of amides is 1. The molecule has 1 unspecified atom stereocenters. The maximum absolute atomic E-state index is 13.7. The number of para-hydroxylation sites is 1. The predicted octanol–water partition coefficient (Wildman–Crippen LogP) is 2.25. The lowest BCUT2D eigenvalue weighted by Crippen LogP contribution is -3.08. The SMILES string of the molecule is COc1ccc(C[NH+](C)CC(=O)Nc2ccccc2Br)cc1F. The maximum atomic E-state index is 13.7. The zero-order valence-electron chi connectivity index (χ0n) is 13.0. The molecule has 122 valence electrons. The molecule has 1 amide bonds. The van der Waals surface area contributed by atoms with Crippen molar-refractivity contribution in [2.45, 2.75) is 6.54 Å². The molecule has 0 saturated heterocycles. The van der Waals surface area contributed by atoms with E-state index in [1.807, 2.05) is 31.3 Å². The third kappa shape index (κ3) is 5.04. The molecule has 6 heteroatoms. The first-order valence-electron chi connectivity index (χ1n) is 7.17. The summed E-state index contributed by atoms with van der Waals surface area (Å²) in [4.78, 5) is 13.0. The fraction of sp³-hybridized carbons (Fsp3) is 0.235. The molecule has 0 spiro atoms. The van der Waals surface area contributed by atoms with Crippen LogP contribution in [0.2, 0.25) is 0 Å². The zero-order valence-corrected chi connectivity index (χ0v) is 14.6. The van der Waals surface area contributed by atoms with Crippen LogP contribution in [0.3, 0.4) is 0 Å². The van der Waals surface area contributed by atoms with Gasteiger partial charge in [0, 0.05) is 10.0 Å². The summed E-state index contributed by atoms with van der Waals surface area (Å²) in [5, 5.41) is 2.86. The van der Waals surface area contributed by atoms with Crippen molar-refractivity contribution in [3.8, 4) is 5.75 Å². The second kappa shape index (κ2) is 8.08. The van der Waals surface area contributed by atoms with E-state index in [1.165, 1.54) is 13.2 Å². The van der Waals surface area contributed by atoms with E-state index in [4.69, 9.17) is 4.74 Å². The number of rotatable bonds is 6. The van der Waals surface area contributed by atoms with Crippen molar-refractivity contribution in [3.63, 3.8) is 0 Å². The van der Waals surface area contributed by atoms with Crippen molar-refractivity contribution in [1.29, 1.82) is 0 Å². The molecule has 2 aromatic carbocycles. The second-order valence-electron chi connectivity index (χ2n) is 5.31. The van der Waals surface area contributed by atoms with Crippen LogP contribution in [0, 0.1) is 5.82 Å². The molecular weight excluding hydrogens is 363 g/mol. The van der Waals surface area contributed by atoms with Crippen molar-refractivity contribution in [2.75, 3.05) is 26.0 Å². The first-order valence-corrected chi connectivity index (χ1v) is 7.97. The highest BCUT2D eigenvalue weighted by Crippen LogP contribution is 2.20. The number of benzene rings is 2. The predicted molar refractivity (Wildman–Crippen MR) is 91.2 cm³/mol. The van der Waals surface area contributed by atoms with Gasteiger partial charge >= 0.3 is 0 Å². The van der Waals surface area contributed by atoms with Crippen molar-refractivity contribution in [2.24, 2.45) is 0 Å². The molecule has 0 bridgehead atoms. The molecule has 0 aliphatic carbocycles. The number of methoxy groups -OCH3 is 1. The summed E-state index contributed by atoms with van der Waals surface area (Å²) in [6.45, 7) is 0.833. The molecule has 4 nitrogen and oxygen atoms in total. The first-order chi connectivity index (χ1) is 11.0. The van der Waals surface area contributed by atoms with Gasteiger partial charge in [0.05, 0.1) is 19.8 Å². The number of anilines is 1. The Kier molecular flexibility index (Phi) is 6.12. The van der Waals surface area contributed by atoms with Crippen LogP contribution in [0.4, 0.5) is 10.1 Å². The number of carbonyl (C=O) groups is 1. The van der Waals surface area contributed by atoms with E-state index in [0.29, 0.717) is 6.54 Å². The molecule has 2 N–H and O–H groups in total. The standard InChI is InChI=1S/C17H18BrFN2O2/c1-21(10-12-7-8-16(23-2)14(19)9-12)11-17(22)20-15-6-4-3-5-13(15)18/h3-9H,10-11H2,1-2H3,(H,20,22)/p+1. The monoisotopic (exact) mass is 381 g/mol. The summed E-state index contributed by atoms with van der Waals surface area (Å²) in [6, 6.07) is 12.3. The van der Waals surface area contributed by atoms with Gasteiger partial charge in [-0.2, -0.15) is 0 Å². The zero-order chi connectivity index (χ0) is 16.8. The Labute approximate surface area is 143 Å². The molecule has 0 fully saturated rings. The number of quaternary nitrogens is 1. The van der Waals surface area contributed by atoms with Crippen LogP contribution in [0.15, 0.2) is 46.9 Å². The largest absolute Gasteiger partial charge is 0.494 e. The van der Waals surface area contributed by atoms with Crippen LogP contribution in [0.25, 0.3) is 0 Å². The Morgan fingerprint density at radius 1 is 1.30 bits per heavy atom. The van der Waals surface area contributed by atoms with E-state index in [9.17, 15) is 9.18 Å². The number of carbonyl (C=O) groups excluding carboxylic acids is 1. The lowest BCUT2D eigenvalue weighted by atomic mass is 10.2. The van der Waals surface area contributed by atoms with Crippen LogP contribution in [0.1, 0.15) is 5.56 Å². The summed E-state index contributed by atoms with van der Waals surface area (Å²) in [6.07, 6.45) is 0. The van der Waals surface area contributed by atoms with E-state index in [-0.39, 0.29) is 18.2 Å². The van der Waals surface area contributed by atoms with Gasteiger partial charge in [0.25, 0.3) is 5.91 Å². The van der Waals surface area contributed by atoms with Crippen molar-refractivity contribution in [1.82, 2.24) is 0 Å². The second-order valence-corrected chi connectivity index (χ2v) is 6.16. The Morgan fingerprint density at radius 2 is 2.04 bits per heavy atom. The topological polar surface area (TPSA) is 42.8 Å². The lowest BCUT2D eigenvalue weighted by Gasteiger charge is -2.15. The summed E-state index contributed by atoms with van der Waals surface area (Å²) >= 11 is 3.39. The minimum absolute atomic E-state index is 0.0941. The number of hydrogen-bond donors (Lipinski definition) is 2. The van der Waals surface area contributed by atoms with Crippen LogP contribution >= 0.6 is 15.9 Å². The average molecular weight is 382 g/mol. The van der Waals surface area contributed by atoms with Gasteiger partial charge in [-0.3, -0.25) is 4.79 Å². The van der Waals surface area contributed by atoms with Crippen LogP contribution in [-0.4, -0.2) is 26.6 Å². The molecular formula is C17H19BrFN2O2+. The lowest BCUT2D eigenvalue weighted by molar-refractivity contribution is -0.885. The Hall–Kier alpha value is -1.92. The highest BCUT2D eigenvalue weighted by molar-refractivity contribution is 9.10. The van der Waals surface area contributed by atoms with Gasteiger partial charge in [-0.1, -0.05) is 12.1 Å². The highest BCUT2D eigenvalue weighted by atomic mass is 79.9. The van der Waals surface area contributed by atoms with Crippen molar-refractivity contribution < 1.29 is 18.8 Å². The van der Waals surface area contributed by atoms with Gasteiger partial charge < -0.3 is 15.0 Å². The number of ether oxygens (including phenoxy) is 1. The minimum atomic E-state index is -0.393. The number of halogens is 2. The van der Waals surface area contributed by atoms with E-state index in [0.717, 1.165) is 20.6 Å². The molecule has 0 radical (unpaired) electrons. The highest BCUT2D eigenvalue weighted by Gasteiger charge is 2.13. The third-order valence-corrected chi connectivity index (χ3v) is 4.02.